The van der Waals surface area contributed by atoms with Gasteiger partial charge in [0.25, 0.3) is 0 Å². The van der Waals surface area contributed by atoms with Crippen LogP contribution in [0.3, 0.4) is 0 Å². The van der Waals surface area contributed by atoms with Crippen LogP contribution in [0.25, 0.3) is 0 Å². The van der Waals surface area contributed by atoms with Crippen LogP contribution in [0.15, 0.2) is 0 Å². The molecule has 10 heavy (non-hydrogen) atoms. The Morgan fingerprint density at radius 3 is 1.50 bits per heavy atom. The monoisotopic (exact) mass is 198 g/mol. The highest BCUT2D eigenvalue weighted by Crippen LogP contribution is 2.54. The molecule has 0 aliphatic rings. The van der Waals surface area contributed by atoms with Crippen molar-refractivity contribution in [1.82, 2.24) is 0 Å². The summed E-state index contributed by atoms with van der Waals surface area (Å²) in [5, 5.41) is 8.84. The van der Waals surface area contributed by atoms with E-state index in [1.807, 2.05) is 20.0 Å². The number of carboxylic acid groups (broad SMARTS) is 1. The number of carbonyl (C=O) groups is 1. The second kappa shape index (κ2) is 4.60. The van der Waals surface area contributed by atoms with Crippen LogP contribution in [0, 0.1) is 0 Å². The van der Waals surface area contributed by atoms with Gasteiger partial charge in [-0.1, -0.05) is 25.7 Å². The van der Waals surface area contributed by atoms with Gasteiger partial charge in [-0.15, -0.1) is 0 Å². The molecule has 3 atom stereocenters. The third kappa shape index (κ3) is 2.12. The van der Waals surface area contributed by atoms with Gasteiger partial charge in [0.2, 0.25) is 0 Å². The lowest BCUT2D eigenvalue weighted by Gasteiger charge is -2.24. The molecule has 0 aliphatic carbocycles. The molecule has 0 aromatic rings. The number of carboxylic acids is 1. The molecule has 2 nitrogen and oxygen atoms in total. The molecule has 0 aromatic heterocycles. The Balaban J connectivity index is 4.31. The van der Waals surface area contributed by atoms with Gasteiger partial charge in [-0.3, -0.25) is 4.79 Å². The van der Waals surface area contributed by atoms with Gasteiger partial charge in [-0.25, -0.2) is 0 Å². The highest BCUT2D eigenvalue weighted by Gasteiger charge is 2.32. The van der Waals surface area contributed by atoms with Crippen LogP contribution in [-0.4, -0.2) is 35.7 Å². The van der Waals surface area contributed by atoms with Crippen molar-refractivity contribution in [2.45, 2.75) is 4.64 Å². The summed E-state index contributed by atoms with van der Waals surface area (Å²) in [6, 6.07) is 0. The lowest BCUT2D eigenvalue weighted by atomic mass is 10.8. The second-order valence-corrected chi connectivity index (χ2v) is 7.06. The van der Waals surface area contributed by atoms with E-state index in [2.05, 4.69) is 0 Å². The Hall–Kier alpha value is 0.760. The van der Waals surface area contributed by atoms with Crippen LogP contribution in [-0.2, 0) is 4.79 Å². The topological polar surface area (TPSA) is 37.3 Å². The average Bonchev–Trinajstić information content (AvgIpc) is 1.92. The molecule has 0 aliphatic heterocycles. The second-order valence-electron chi connectivity index (χ2n) is 1.81. The summed E-state index contributed by atoms with van der Waals surface area (Å²) < 4.78 is -0.375. The maximum absolute atomic E-state index is 10.7. The lowest BCUT2D eigenvalue weighted by Crippen LogP contribution is -2.22. The zero-order chi connectivity index (χ0) is 8.20. The fourth-order valence-electron chi connectivity index (χ4n) is 0.696. The molecule has 5 heteroatoms. The van der Waals surface area contributed by atoms with Gasteiger partial charge in [0.05, 0.1) is 0 Å². The quantitative estimate of drug-likeness (QED) is 0.697. The minimum Gasteiger partial charge on any atom is -0.480 e. The van der Waals surface area contributed by atoms with Crippen molar-refractivity contribution in [2.24, 2.45) is 0 Å². The third-order valence-electron chi connectivity index (χ3n) is 1.45. The molecule has 0 rings (SSSR count). The molecule has 0 amide bonds. The zero-order valence-electron chi connectivity index (χ0n) is 6.36. The van der Waals surface area contributed by atoms with E-state index in [0.717, 1.165) is 0 Å². The summed E-state index contributed by atoms with van der Waals surface area (Å²) in [5.74, 6) is -0.616. The van der Waals surface area contributed by atoms with Crippen LogP contribution in [0.2, 0.25) is 0 Å². The highest BCUT2D eigenvalue weighted by atomic mass is 31.2. The van der Waals surface area contributed by atoms with Crippen molar-refractivity contribution in [1.29, 1.82) is 0 Å². The fraction of sp³-hybridized carbons (Fsp3) is 0.800. The Morgan fingerprint density at radius 2 is 1.50 bits per heavy atom. The van der Waals surface area contributed by atoms with E-state index in [1.165, 1.54) is 0 Å². The van der Waals surface area contributed by atoms with Crippen molar-refractivity contribution in [3.8, 4) is 0 Å². The predicted octanol–water partition coefficient (Wildman–Crippen LogP) is 1.65. The van der Waals surface area contributed by atoms with E-state index >= 15 is 0 Å². The maximum atomic E-state index is 10.7. The largest absolute Gasteiger partial charge is 0.480 e. The maximum Gasteiger partial charge on any atom is 0.321 e. The van der Waals surface area contributed by atoms with Gasteiger partial charge in [0.15, 0.2) is 0 Å². The van der Waals surface area contributed by atoms with Gasteiger partial charge < -0.3 is 5.11 Å². The molecule has 0 aromatic carbocycles. The average molecular weight is 198 g/mol. The van der Waals surface area contributed by atoms with Crippen molar-refractivity contribution in [3.05, 3.63) is 0 Å². The van der Waals surface area contributed by atoms with E-state index in [-0.39, 0.29) is 4.64 Å². The third-order valence-corrected chi connectivity index (χ3v) is 8.84. The van der Waals surface area contributed by atoms with E-state index in [4.69, 9.17) is 5.11 Å². The van der Waals surface area contributed by atoms with Crippen molar-refractivity contribution < 1.29 is 9.90 Å². The number of hydrogen-bond donors (Lipinski definition) is 1. The summed E-state index contributed by atoms with van der Waals surface area (Å²) in [6.45, 7) is 5.92. The fourth-order valence-corrected chi connectivity index (χ4v) is 4.34. The molecule has 3 unspecified atom stereocenters. The molecule has 60 valence electrons. The van der Waals surface area contributed by atoms with Gasteiger partial charge in [0.1, 0.15) is 4.64 Å². The minimum absolute atomic E-state index is 0.375. The van der Waals surface area contributed by atoms with Gasteiger partial charge in [-0.2, -0.15) is 0 Å². The van der Waals surface area contributed by atoms with Gasteiger partial charge >= 0.3 is 5.97 Å². The standard InChI is InChI=1S/C5H13O2P3/c1-8-5(9-2,10-3)4(6)7/h8-10H,1-3H3,(H,6,7). The molecule has 0 fully saturated rings. The first-order valence-electron chi connectivity index (χ1n) is 2.93. The van der Waals surface area contributed by atoms with Crippen LogP contribution in [0.1, 0.15) is 0 Å². The van der Waals surface area contributed by atoms with Crippen molar-refractivity contribution >= 4 is 31.7 Å². The minimum atomic E-state index is -0.616. The van der Waals surface area contributed by atoms with Crippen LogP contribution >= 0.6 is 25.7 Å². The summed E-state index contributed by atoms with van der Waals surface area (Å²) in [6.07, 6.45) is 0. The van der Waals surface area contributed by atoms with E-state index in [9.17, 15) is 4.79 Å². The number of rotatable bonds is 4. The van der Waals surface area contributed by atoms with Crippen LogP contribution in [0.4, 0.5) is 0 Å². The summed E-state index contributed by atoms with van der Waals surface area (Å²) in [5.41, 5.74) is 0. The first kappa shape index (κ1) is 10.8. The van der Waals surface area contributed by atoms with Gasteiger partial charge in [0, 0.05) is 0 Å². The van der Waals surface area contributed by atoms with E-state index in [1.54, 1.807) is 0 Å². The molecule has 0 saturated carbocycles. The summed E-state index contributed by atoms with van der Waals surface area (Å²) in [4.78, 5) is 10.7. The smallest absolute Gasteiger partial charge is 0.321 e. The number of aliphatic carboxylic acids is 1. The van der Waals surface area contributed by atoms with Crippen LogP contribution < -0.4 is 0 Å². The van der Waals surface area contributed by atoms with Crippen molar-refractivity contribution in [2.75, 3.05) is 20.0 Å². The van der Waals surface area contributed by atoms with E-state index < -0.39 is 5.97 Å². The molecule has 0 heterocycles. The Kier molecular flexibility index (Phi) is 4.95. The zero-order valence-corrected chi connectivity index (χ0v) is 9.36. The summed E-state index contributed by atoms with van der Waals surface area (Å²) in [7, 11) is 1.57. The molecular formula is C5H13O2P3. The highest BCUT2D eigenvalue weighted by molar-refractivity contribution is 7.77. The SMILES string of the molecule is CPC(PC)(PC)C(=O)O. The number of hydrogen-bond acceptors (Lipinski definition) is 1. The molecular weight excluding hydrogens is 185 g/mol. The van der Waals surface area contributed by atoms with Crippen molar-refractivity contribution in [3.63, 3.8) is 0 Å². The molecule has 0 spiro atoms. The van der Waals surface area contributed by atoms with Gasteiger partial charge in [-0.05, 0) is 20.0 Å². The molecule has 0 saturated heterocycles. The summed E-state index contributed by atoms with van der Waals surface area (Å²) >= 11 is 0. The Bertz CT molecular complexity index is 114. The van der Waals surface area contributed by atoms with Crippen LogP contribution in [0.5, 0.6) is 0 Å². The predicted molar refractivity (Wildman–Crippen MR) is 53.1 cm³/mol. The lowest BCUT2D eigenvalue weighted by molar-refractivity contribution is -0.135. The Morgan fingerprint density at radius 1 is 1.20 bits per heavy atom. The molecule has 1 N–H and O–H groups in total. The molecule has 0 bridgehead atoms. The van der Waals surface area contributed by atoms with E-state index in [0.29, 0.717) is 25.7 Å². The first-order chi connectivity index (χ1) is 4.63. The Labute approximate surface area is 66.9 Å². The first-order valence-corrected chi connectivity index (χ1v) is 7.43. The molecule has 0 radical (unpaired) electrons. The normalized spacial score (nSPS) is 19.9.